The number of hydrogen-bond donors (Lipinski definition) is 0. The van der Waals surface area contributed by atoms with Gasteiger partial charge in [0.1, 0.15) is 5.60 Å². The number of hydrogen-bond acceptors (Lipinski definition) is 2. The fourth-order valence-corrected chi connectivity index (χ4v) is 5.30. The summed E-state index contributed by atoms with van der Waals surface area (Å²) in [5, 5.41) is 0. The Morgan fingerprint density at radius 3 is 2.40 bits per heavy atom. The van der Waals surface area contributed by atoms with Crippen LogP contribution in [-0.4, -0.2) is 11.6 Å². The minimum absolute atomic E-state index is 0.0200. The minimum atomic E-state index is -0.283. The van der Waals surface area contributed by atoms with Gasteiger partial charge in [-0.05, 0) is 69.6 Å². The van der Waals surface area contributed by atoms with E-state index in [4.69, 9.17) is 4.74 Å². The van der Waals surface area contributed by atoms with Gasteiger partial charge in [0.25, 0.3) is 0 Å². The Labute approximate surface area is 123 Å². The summed E-state index contributed by atoms with van der Waals surface area (Å²) in [7, 11) is 0. The third kappa shape index (κ3) is 2.51. The summed E-state index contributed by atoms with van der Waals surface area (Å²) in [6, 6.07) is 0. The highest BCUT2D eigenvalue weighted by Crippen LogP contribution is 2.57. The number of rotatable bonds is 3. The van der Waals surface area contributed by atoms with Crippen LogP contribution in [0.15, 0.2) is 0 Å². The molecule has 0 aliphatic heterocycles. The highest BCUT2D eigenvalue weighted by Gasteiger charge is 2.50. The van der Waals surface area contributed by atoms with Gasteiger partial charge in [-0.1, -0.05) is 20.3 Å². The number of ether oxygens (including phenoxy) is 1. The lowest BCUT2D eigenvalue weighted by Gasteiger charge is -2.55. The third-order valence-corrected chi connectivity index (χ3v) is 6.34. The van der Waals surface area contributed by atoms with E-state index in [1.807, 2.05) is 13.8 Å². The molecule has 3 aliphatic rings. The molecule has 0 saturated heterocycles. The molecule has 5 unspecified atom stereocenters. The van der Waals surface area contributed by atoms with Gasteiger partial charge >= 0.3 is 5.97 Å². The van der Waals surface area contributed by atoms with Crippen LogP contribution >= 0.6 is 0 Å². The van der Waals surface area contributed by atoms with Crippen molar-refractivity contribution in [3.8, 4) is 0 Å². The quantitative estimate of drug-likeness (QED) is 0.714. The van der Waals surface area contributed by atoms with Crippen molar-refractivity contribution in [3.05, 3.63) is 0 Å². The van der Waals surface area contributed by atoms with Crippen LogP contribution in [0.1, 0.15) is 66.2 Å². The second-order valence-corrected chi connectivity index (χ2v) is 8.45. The fraction of sp³-hybridized carbons (Fsp3) is 0.944. The Kier molecular flexibility index (Phi) is 3.63. The van der Waals surface area contributed by atoms with Crippen molar-refractivity contribution < 1.29 is 9.53 Å². The molecule has 3 rings (SSSR count). The van der Waals surface area contributed by atoms with Gasteiger partial charge in [0, 0.05) is 5.92 Å². The van der Waals surface area contributed by atoms with Crippen LogP contribution in [0.3, 0.4) is 0 Å². The zero-order chi connectivity index (χ0) is 14.5. The molecular weight excluding hydrogens is 248 g/mol. The lowest BCUT2D eigenvalue weighted by atomic mass is 9.52. The Bertz CT molecular complexity index is 383. The topological polar surface area (TPSA) is 26.3 Å². The summed E-state index contributed by atoms with van der Waals surface area (Å²) in [6.45, 7) is 8.16. The first kappa shape index (κ1) is 14.4. The maximum Gasteiger partial charge on any atom is 0.308 e. The Morgan fingerprint density at radius 2 is 1.70 bits per heavy atom. The first-order valence-corrected chi connectivity index (χ1v) is 8.59. The molecule has 0 radical (unpaired) electrons. The van der Waals surface area contributed by atoms with E-state index in [2.05, 4.69) is 13.8 Å². The molecule has 0 spiro atoms. The molecule has 0 heterocycles. The molecule has 3 bridgehead atoms. The van der Waals surface area contributed by atoms with Crippen LogP contribution in [0.2, 0.25) is 0 Å². The van der Waals surface area contributed by atoms with Crippen LogP contribution in [0.4, 0.5) is 0 Å². The number of esters is 1. The van der Waals surface area contributed by atoms with Crippen molar-refractivity contribution in [2.75, 3.05) is 0 Å². The predicted molar refractivity (Wildman–Crippen MR) is 80.2 cm³/mol. The second kappa shape index (κ2) is 5.03. The first-order chi connectivity index (χ1) is 9.37. The van der Waals surface area contributed by atoms with Crippen LogP contribution in [0.5, 0.6) is 0 Å². The van der Waals surface area contributed by atoms with Crippen molar-refractivity contribution >= 4 is 5.97 Å². The van der Waals surface area contributed by atoms with E-state index in [0.717, 1.165) is 23.7 Å². The molecule has 2 nitrogen and oxygen atoms in total. The van der Waals surface area contributed by atoms with Crippen molar-refractivity contribution in [2.45, 2.75) is 71.8 Å². The highest BCUT2D eigenvalue weighted by molar-refractivity contribution is 5.72. The van der Waals surface area contributed by atoms with Crippen molar-refractivity contribution in [1.29, 1.82) is 0 Å². The van der Waals surface area contributed by atoms with E-state index >= 15 is 0 Å². The van der Waals surface area contributed by atoms with Gasteiger partial charge in [0.2, 0.25) is 0 Å². The zero-order valence-corrected chi connectivity index (χ0v) is 13.5. The molecule has 2 heteroatoms. The largest absolute Gasteiger partial charge is 0.459 e. The van der Waals surface area contributed by atoms with Crippen molar-refractivity contribution in [2.24, 2.45) is 35.5 Å². The summed E-state index contributed by atoms with van der Waals surface area (Å²) >= 11 is 0. The fourth-order valence-electron chi connectivity index (χ4n) is 5.30. The number of carbonyl (C=O) groups excluding carboxylic acids is 1. The van der Waals surface area contributed by atoms with E-state index in [0.29, 0.717) is 5.92 Å². The van der Waals surface area contributed by atoms with Crippen LogP contribution < -0.4 is 0 Å². The minimum Gasteiger partial charge on any atom is -0.459 e. The van der Waals surface area contributed by atoms with E-state index in [-0.39, 0.29) is 17.5 Å². The molecule has 114 valence electrons. The SMILES string of the molecule is CC(C)C(=O)OC(C)(C)C1CC2CCC3CC2CC1C3. The lowest BCUT2D eigenvalue weighted by Crippen LogP contribution is -2.50. The molecule has 0 amide bonds. The maximum absolute atomic E-state index is 12.0. The molecule has 0 aromatic rings. The molecule has 0 aromatic carbocycles. The Balaban J connectivity index is 1.74. The molecule has 3 fully saturated rings. The molecule has 0 aromatic heterocycles. The summed E-state index contributed by atoms with van der Waals surface area (Å²) < 4.78 is 5.90. The van der Waals surface area contributed by atoms with Crippen LogP contribution in [0.25, 0.3) is 0 Å². The monoisotopic (exact) mass is 278 g/mol. The van der Waals surface area contributed by atoms with Gasteiger partial charge in [-0.15, -0.1) is 0 Å². The molecule has 3 saturated carbocycles. The van der Waals surface area contributed by atoms with Crippen molar-refractivity contribution in [1.82, 2.24) is 0 Å². The first-order valence-electron chi connectivity index (χ1n) is 8.59. The summed E-state index contributed by atoms with van der Waals surface area (Å²) in [5.74, 6) is 4.19. The van der Waals surface area contributed by atoms with Gasteiger partial charge in [0.05, 0.1) is 5.92 Å². The van der Waals surface area contributed by atoms with E-state index in [9.17, 15) is 4.79 Å². The average Bonchev–Trinajstić information content (AvgIpc) is 2.35. The van der Waals surface area contributed by atoms with Gasteiger partial charge in [0.15, 0.2) is 0 Å². The number of fused-ring (bicyclic) bond motifs is 2. The molecule has 3 aliphatic carbocycles. The van der Waals surface area contributed by atoms with Gasteiger partial charge in [-0.2, -0.15) is 0 Å². The standard InChI is InChI=1S/C18H30O2/c1-11(2)17(19)20-18(3,4)16-10-13-6-5-12-7-14(13)9-15(16)8-12/h11-16H,5-10H2,1-4H3. The van der Waals surface area contributed by atoms with Crippen LogP contribution in [0, 0.1) is 35.5 Å². The maximum atomic E-state index is 12.0. The predicted octanol–water partition coefficient (Wildman–Crippen LogP) is 4.43. The molecular formula is C18H30O2. The normalized spacial score (nSPS) is 40.0. The molecule has 20 heavy (non-hydrogen) atoms. The average molecular weight is 278 g/mol. The summed E-state index contributed by atoms with van der Waals surface area (Å²) in [6.07, 6.45) is 8.44. The van der Waals surface area contributed by atoms with Gasteiger partial charge in [-0.3, -0.25) is 4.79 Å². The van der Waals surface area contributed by atoms with E-state index in [1.165, 1.54) is 38.5 Å². The zero-order valence-electron chi connectivity index (χ0n) is 13.5. The Hall–Kier alpha value is -0.530. The molecule has 5 atom stereocenters. The number of carbonyl (C=O) groups is 1. The van der Waals surface area contributed by atoms with E-state index < -0.39 is 0 Å². The molecule has 0 N–H and O–H groups in total. The third-order valence-electron chi connectivity index (χ3n) is 6.34. The van der Waals surface area contributed by atoms with Gasteiger partial charge < -0.3 is 4.74 Å². The summed E-state index contributed by atoms with van der Waals surface area (Å²) in [5.41, 5.74) is -0.283. The Morgan fingerprint density at radius 1 is 1.00 bits per heavy atom. The lowest BCUT2D eigenvalue weighted by molar-refractivity contribution is -0.175. The van der Waals surface area contributed by atoms with E-state index in [1.54, 1.807) is 0 Å². The highest BCUT2D eigenvalue weighted by atomic mass is 16.6. The van der Waals surface area contributed by atoms with Crippen LogP contribution in [-0.2, 0) is 9.53 Å². The van der Waals surface area contributed by atoms with Gasteiger partial charge in [-0.25, -0.2) is 0 Å². The second-order valence-electron chi connectivity index (χ2n) is 8.45. The van der Waals surface area contributed by atoms with Crippen molar-refractivity contribution in [3.63, 3.8) is 0 Å². The smallest absolute Gasteiger partial charge is 0.308 e. The summed E-state index contributed by atoms with van der Waals surface area (Å²) in [4.78, 5) is 12.0.